The summed E-state index contributed by atoms with van der Waals surface area (Å²) in [6.45, 7) is 5.90. The van der Waals surface area contributed by atoms with Crippen molar-refractivity contribution >= 4 is 18.0 Å². The molecule has 1 fully saturated rings. The number of carboxylic acids is 1. The third-order valence-electron chi connectivity index (χ3n) is 7.38. The van der Waals surface area contributed by atoms with E-state index in [1.807, 2.05) is 54.6 Å². The number of H-pyrrole nitrogens is 1. The van der Waals surface area contributed by atoms with E-state index in [1.54, 1.807) is 56.1 Å². The van der Waals surface area contributed by atoms with E-state index in [0.29, 0.717) is 6.54 Å². The van der Waals surface area contributed by atoms with Gasteiger partial charge in [0.2, 0.25) is 5.91 Å². The lowest BCUT2D eigenvalue weighted by molar-refractivity contribution is -0.134. The van der Waals surface area contributed by atoms with Crippen molar-refractivity contribution in [2.45, 2.75) is 57.7 Å². The largest absolute Gasteiger partial charge is 0.478 e. The predicted octanol–water partition coefficient (Wildman–Crippen LogP) is 6.24. The molecule has 0 saturated carbocycles. The number of carbonyl (C=O) groups is 3. The highest BCUT2D eigenvalue weighted by Crippen LogP contribution is 2.32. The standard InChI is InChI=1S/C34H36N4O5/c1-34(2,3)43-33(42)37-27(20-22-11-13-23(14-12-22)24-15-17-26(18-16-24)32(40)41)31(39)38-19-7-10-29(38)30-35-21-28(36-30)25-8-5-4-6-9-25/h4-6,8-9,11-18,21,27,29H,7,10,19-20H2,1-3H3,(H,35,36)(H,37,42)(H,40,41)/t27-,29-/m0/s1. The van der Waals surface area contributed by atoms with Gasteiger partial charge in [-0.3, -0.25) is 4.79 Å². The van der Waals surface area contributed by atoms with Gasteiger partial charge >= 0.3 is 12.1 Å². The summed E-state index contributed by atoms with van der Waals surface area (Å²) in [5, 5.41) is 12.0. The third-order valence-corrected chi connectivity index (χ3v) is 7.38. The lowest BCUT2D eigenvalue weighted by Gasteiger charge is -2.29. The van der Waals surface area contributed by atoms with Crippen LogP contribution in [0.25, 0.3) is 22.4 Å². The van der Waals surface area contributed by atoms with Crippen LogP contribution in [0.15, 0.2) is 85.1 Å². The van der Waals surface area contributed by atoms with E-state index in [4.69, 9.17) is 9.84 Å². The summed E-state index contributed by atoms with van der Waals surface area (Å²) in [5.74, 6) is -0.447. The van der Waals surface area contributed by atoms with Gasteiger partial charge in [-0.05, 0) is 68.0 Å². The predicted molar refractivity (Wildman–Crippen MR) is 163 cm³/mol. The summed E-state index contributed by atoms with van der Waals surface area (Å²) < 4.78 is 5.50. The molecule has 0 radical (unpaired) electrons. The molecule has 2 atom stereocenters. The number of nitrogens with one attached hydrogen (secondary N) is 2. The minimum Gasteiger partial charge on any atom is -0.478 e. The molecule has 9 heteroatoms. The van der Waals surface area contributed by atoms with E-state index in [-0.39, 0.29) is 23.9 Å². The maximum Gasteiger partial charge on any atom is 0.408 e. The van der Waals surface area contributed by atoms with Crippen LogP contribution in [0, 0.1) is 0 Å². The van der Waals surface area contributed by atoms with Crippen molar-refractivity contribution in [3.8, 4) is 22.4 Å². The Morgan fingerprint density at radius 1 is 0.977 bits per heavy atom. The van der Waals surface area contributed by atoms with Crippen LogP contribution in [0.5, 0.6) is 0 Å². The fourth-order valence-electron chi connectivity index (χ4n) is 5.31. The molecule has 0 aliphatic carbocycles. The van der Waals surface area contributed by atoms with Crippen LogP contribution in [0.2, 0.25) is 0 Å². The molecule has 2 amide bonds. The maximum absolute atomic E-state index is 14.1. The molecule has 1 saturated heterocycles. The Bertz CT molecular complexity index is 1570. The van der Waals surface area contributed by atoms with E-state index in [2.05, 4.69) is 15.3 Å². The summed E-state index contributed by atoms with van der Waals surface area (Å²) in [5.41, 5.74) is 4.06. The number of imidazole rings is 1. The Morgan fingerprint density at radius 2 is 1.63 bits per heavy atom. The van der Waals surface area contributed by atoms with Crippen LogP contribution in [0.4, 0.5) is 4.79 Å². The lowest BCUT2D eigenvalue weighted by atomic mass is 9.99. The smallest absolute Gasteiger partial charge is 0.408 e. The van der Waals surface area contributed by atoms with Crippen molar-refractivity contribution in [1.82, 2.24) is 20.2 Å². The summed E-state index contributed by atoms with van der Waals surface area (Å²) in [6, 6.07) is 23.2. The van der Waals surface area contributed by atoms with Gasteiger partial charge in [0.05, 0.1) is 23.5 Å². The first-order valence-corrected chi connectivity index (χ1v) is 14.4. The number of amides is 2. The number of carbonyl (C=O) groups excluding carboxylic acids is 2. The van der Waals surface area contributed by atoms with Crippen molar-refractivity contribution in [2.75, 3.05) is 6.54 Å². The molecule has 222 valence electrons. The van der Waals surface area contributed by atoms with Crippen molar-refractivity contribution < 1.29 is 24.2 Å². The molecule has 9 nitrogen and oxygen atoms in total. The number of likely N-dealkylation sites (tertiary alicyclic amines) is 1. The highest BCUT2D eigenvalue weighted by molar-refractivity contribution is 5.88. The zero-order chi connectivity index (χ0) is 30.6. The lowest BCUT2D eigenvalue weighted by Crippen LogP contribution is -2.50. The van der Waals surface area contributed by atoms with Crippen molar-refractivity contribution in [2.24, 2.45) is 0 Å². The molecule has 0 bridgehead atoms. The van der Waals surface area contributed by atoms with Crippen molar-refractivity contribution in [3.63, 3.8) is 0 Å². The van der Waals surface area contributed by atoms with E-state index in [0.717, 1.165) is 46.6 Å². The Hall–Kier alpha value is -4.92. The van der Waals surface area contributed by atoms with Crippen LogP contribution in [-0.2, 0) is 16.0 Å². The number of hydrogen-bond acceptors (Lipinski definition) is 5. The number of carboxylic acid groups (broad SMARTS) is 1. The second-order valence-corrected chi connectivity index (χ2v) is 11.7. The van der Waals surface area contributed by atoms with Gasteiger partial charge in [-0.1, -0.05) is 66.7 Å². The van der Waals surface area contributed by atoms with Gasteiger partial charge in [0, 0.05) is 13.0 Å². The van der Waals surface area contributed by atoms with E-state index in [9.17, 15) is 14.4 Å². The fourth-order valence-corrected chi connectivity index (χ4v) is 5.31. The monoisotopic (exact) mass is 580 g/mol. The van der Waals surface area contributed by atoms with Gasteiger partial charge < -0.3 is 25.0 Å². The van der Waals surface area contributed by atoms with E-state index in [1.165, 1.54) is 0 Å². The Kier molecular flexibility index (Phi) is 8.61. The summed E-state index contributed by atoms with van der Waals surface area (Å²) >= 11 is 0. The topological polar surface area (TPSA) is 125 Å². The zero-order valence-corrected chi connectivity index (χ0v) is 24.5. The summed E-state index contributed by atoms with van der Waals surface area (Å²) in [4.78, 5) is 47.9. The zero-order valence-electron chi connectivity index (χ0n) is 24.5. The normalized spacial score (nSPS) is 15.6. The number of aromatic carboxylic acids is 1. The van der Waals surface area contributed by atoms with Crippen molar-refractivity contribution in [3.05, 3.63) is 102 Å². The molecule has 0 spiro atoms. The molecular formula is C34H36N4O5. The van der Waals surface area contributed by atoms with E-state index < -0.39 is 23.7 Å². The minimum atomic E-state index is -0.973. The summed E-state index contributed by atoms with van der Waals surface area (Å²) in [7, 11) is 0. The molecule has 0 unspecified atom stereocenters. The molecular weight excluding hydrogens is 544 g/mol. The number of nitrogens with zero attached hydrogens (tertiary/aromatic N) is 2. The number of aromatic amines is 1. The van der Waals surface area contributed by atoms with Crippen LogP contribution < -0.4 is 5.32 Å². The first-order chi connectivity index (χ1) is 20.6. The number of benzene rings is 3. The van der Waals surface area contributed by atoms with Crippen LogP contribution in [-0.4, -0.2) is 56.1 Å². The minimum absolute atomic E-state index is 0.195. The first-order valence-electron chi connectivity index (χ1n) is 14.4. The van der Waals surface area contributed by atoms with Gasteiger partial charge in [-0.15, -0.1) is 0 Å². The molecule has 4 aromatic rings. The number of ether oxygens (including phenoxy) is 1. The van der Waals surface area contributed by atoms with Gasteiger partial charge in [0.1, 0.15) is 17.5 Å². The molecule has 3 N–H and O–H groups in total. The number of hydrogen-bond donors (Lipinski definition) is 3. The molecule has 5 rings (SSSR count). The molecule has 1 aromatic heterocycles. The Labute approximate surface area is 250 Å². The van der Waals surface area contributed by atoms with Gasteiger partial charge in [-0.2, -0.15) is 0 Å². The Morgan fingerprint density at radius 3 is 2.26 bits per heavy atom. The average molecular weight is 581 g/mol. The molecule has 2 heterocycles. The molecule has 1 aliphatic rings. The number of rotatable bonds is 8. The van der Waals surface area contributed by atoms with Gasteiger partial charge in [0.15, 0.2) is 0 Å². The highest BCUT2D eigenvalue weighted by Gasteiger charge is 2.37. The quantitative estimate of drug-likeness (QED) is 0.227. The van der Waals surface area contributed by atoms with Gasteiger partial charge in [-0.25, -0.2) is 14.6 Å². The molecule has 3 aromatic carbocycles. The first kappa shape index (κ1) is 29.6. The summed E-state index contributed by atoms with van der Waals surface area (Å²) in [6.07, 6.45) is 3.00. The molecule has 43 heavy (non-hydrogen) atoms. The fraction of sp³-hybridized carbons (Fsp3) is 0.294. The average Bonchev–Trinajstić information content (AvgIpc) is 3.67. The van der Waals surface area contributed by atoms with Crippen LogP contribution in [0.3, 0.4) is 0 Å². The third kappa shape index (κ3) is 7.30. The Balaban J connectivity index is 1.35. The molecule has 1 aliphatic heterocycles. The van der Waals surface area contributed by atoms with Crippen LogP contribution >= 0.6 is 0 Å². The van der Waals surface area contributed by atoms with Gasteiger partial charge in [0.25, 0.3) is 0 Å². The second kappa shape index (κ2) is 12.5. The second-order valence-electron chi connectivity index (χ2n) is 11.7. The van der Waals surface area contributed by atoms with E-state index >= 15 is 0 Å². The maximum atomic E-state index is 14.1. The number of aromatic nitrogens is 2. The SMILES string of the molecule is CC(C)(C)OC(=O)N[C@@H](Cc1ccc(-c2ccc(C(=O)O)cc2)cc1)C(=O)N1CCC[C@H]1c1ncc(-c2ccccc2)[nH]1. The van der Waals surface area contributed by atoms with Crippen molar-refractivity contribution in [1.29, 1.82) is 0 Å². The van der Waals surface area contributed by atoms with Crippen LogP contribution in [0.1, 0.15) is 61.4 Å². The number of alkyl carbamates (subject to hydrolysis) is 1. The highest BCUT2D eigenvalue weighted by atomic mass is 16.6.